The van der Waals surface area contributed by atoms with Gasteiger partial charge >= 0.3 is 0 Å². The Morgan fingerprint density at radius 1 is 1.00 bits per heavy atom. The highest BCUT2D eigenvalue weighted by Crippen LogP contribution is 2.24. The number of carbonyl (C=O) groups is 2. The van der Waals surface area contributed by atoms with Gasteiger partial charge in [0.2, 0.25) is 5.91 Å². The predicted molar refractivity (Wildman–Crippen MR) is 119 cm³/mol. The molecular formula is C22H18N4O5S. The minimum atomic E-state index is -0.348. The van der Waals surface area contributed by atoms with Crippen LogP contribution < -0.4 is 15.4 Å². The maximum absolute atomic E-state index is 12.7. The van der Waals surface area contributed by atoms with E-state index in [0.717, 1.165) is 11.8 Å². The number of ether oxygens (including phenoxy) is 1. The van der Waals surface area contributed by atoms with Crippen molar-refractivity contribution in [3.8, 4) is 17.4 Å². The van der Waals surface area contributed by atoms with E-state index in [1.54, 1.807) is 67.8 Å². The van der Waals surface area contributed by atoms with E-state index in [1.165, 1.54) is 6.26 Å². The molecular weight excluding hydrogens is 432 g/mol. The lowest BCUT2D eigenvalue weighted by Gasteiger charge is -2.11. The number of thioether (sulfide) groups is 1. The van der Waals surface area contributed by atoms with Crippen molar-refractivity contribution in [3.05, 3.63) is 72.5 Å². The van der Waals surface area contributed by atoms with Gasteiger partial charge in [0.05, 0.1) is 30.4 Å². The Labute approximate surface area is 187 Å². The average molecular weight is 450 g/mol. The van der Waals surface area contributed by atoms with Crippen molar-refractivity contribution in [2.24, 2.45) is 0 Å². The topological polar surface area (TPSA) is 119 Å². The van der Waals surface area contributed by atoms with Crippen LogP contribution in [-0.4, -0.2) is 34.9 Å². The number of hydrogen-bond donors (Lipinski definition) is 2. The van der Waals surface area contributed by atoms with Crippen molar-refractivity contribution in [3.63, 3.8) is 0 Å². The Bertz CT molecular complexity index is 1210. The molecule has 2 N–H and O–H groups in total. The van der Waals surface area contributed by atoms with Gasteiger partial charge in [0, 0.05) is 5.69 Å². The summed E-state index contributed by atoms with van der Waals surface area (Å²) in [6, 6.07) is 17.1. The summed E-state index contributed by atoms with van der Waals surface area (Å²) in [6.07, 6.45) is 1.50. The van der Waals surface area contributed by atoms with Crippen LogP contribution in [0.15, 0.2) is 81.0 Å². The van der Waals surface area contributed by atoms with Gasteiger partial charge in [-0.3, -0.25) is 9.59 Å². The summed E-state index contributed by atoms with van der Waals surface area (Å²) in [7, 11) is 1.57. The maximum atomic E-state index is 12.7. The lowest BCUT2D eigenvalue weighted by atomic mass is 10.1. The fourth-order valence-electron chi connectivity index (χ4n) is 2.74. The molecule has 0 fully saturated rings. The molecule has 0 radical (unpaired) electrons. The molecule has 2 amide bonds. The van der Waals surface area contributed by atoms with Gasteiger partial charge in [0.15, 0.2) is 5.76 Å². The highest BCUT2D eigenvalue weighted by Gasteiger charge is 2.16. The number of aromatic nitrogens is 2. The number of amides is 2. The molecule has 0 aliphatic carbocycles. The summed E-state index contributed by atoms with van der Waals surface area (Å²) in [4.78, 5) is 25.2. The van der Waals surface area contributed by atoms with Gasteiger partial charge in [0.1, 0.15) is 5.75 Å². The van der Waals surface area contributed by atoms with Gasteiger partial charge in [-0.25, -0.2) is 0 Å². The van der Waals surface area contributed by atoms with Crippen LogP contribution >= 0.6 is 11.8 Å². The second kappa shape index (κ2) is 9.84. The number of benzene rings is 2. The third-order valence-corrected chi connectivity index (χ3v) is 5.08. The van der Waals surface area contributed by atoms with Crippen molar-refractivity contribution in [2.45, 2.75) is 5.22 Å². The third kappa shape index (κ3) is 5.16. The molecule has 2 aromatic carbocycles. The fourth-order valence-corrected chi connectivity index (χ4v) is 3.31. The standard InChI is InChI=1S/C22H18N4O5S/c1-29-15-10-8-14(9-11-15)23-20(28)16-5-2-3-6-17(16)24-19(27)13-32-22-26-25-21(31-22)18-7-4-12-30-18/h2-12H,13H2,1H3,(H,23,28)(H,24,27). The highest BCUT2D eigenvalue weighted by molar-refractivity contribution is 7.99. The Morgan fingerprint density at radius 3 is 2.56 bits per heavy atom. The Hall–Kier alpha value is -4.05. The molecule has 0 bridgehead atoms. The molecule has 162 valence electrons. The van der Waals surface area contributed by atoms with Gasteiger partial charge in [-0.15, -0.1) is 10.2 Å². The first-order valence-electron chi connectivity index (χ1n) is 9.47. The zero-order chi connectivity index (χ0) is 22.3. The minimum absolute atomic E-state index is 0.0220. The zero-order valence-electron chi connectivity index (χ0n) is 16.9. The van der Waals surface area contributed by atoms with Crippen LogP contribution in [-0.2, 0) is 4.79 Å². The summed E-state index contributed by atoms with van der Waals surface area (Å²) < 4.78 is 15.8. The number of methoxy groups -OCH3 is 1. The SMILES string of the molecule is COc1ccc(NC(=O)c2ccccc2NC(=O)CSc2nnc(-c3ccco3)o2)cc1. The second-order valence-electron chi connectivity index (χ2n) is 6.42. The molecule has 0 saturated carbocycles. The zero-order valence-corrected chi connectivity index (χ0v) is 17.7. The van der Waals surface area contributed by atoms with E-state index in [1.807, 2.05) is 0 Å². The van der Waals surface area contributed by atoms with Crippen LogP contribution in [0.5, 0.6) is 5.75 Å². The van der Waals surface area contributed by atoms with Crippen molar-refractivity contribution in [1.29, 1.82) is 0 Å². The maximum Gasteiger partial charge on any atom is 0.284 e. The number of rotatable bonds is 8. The molecule has 10 heteroatoms. The van der Waals surface area contributed by atoms with Gasteiger partial charge in [-0.05, 0) is 48.5 Å². The Balaban J connectivity index is 1.36. The predicted octanol–water partition coefficient (Wildman–Crippen LogP) is 4.32. The van der Waals surface area contributed by atoms with Gasteiger partial charge < -0.3 is 24.2 Å². The molecule has 0 aliphatic rings. The number of nitrogens with one attached hydrogen (secondary N) is 2. The minimum Gasteiger partial charge on any atom is -0.497 e. The first-order valence-corrected chi connectivity index (χ1v) is 10.5. The summed E-state index contributed by atoms with van der Waals surface area (Å²) in [5.41, 5.74) is 1.33. The smallest absolute Gasteiger partial charge is 0.284 e. The number of hydrogen-bond acceptors (Lipinski definition) is 8. The average Bonchev–Trinajstić information content (AvgIpc) is 3.51. The second-order valence-corrected chi connectivity index (χ2v) is 7.34. The molecule has 4 rings (SSSR count). The largest absolute Gasteiger partial charge is 0.497 e. The molecule has 32 heavy (non-hydrogen) atoms. The van der Waals surface area contributed by atoms with Crippen molar-refractivity contribution >= 4 is 35.0 Å². The Kier molecular flexibility index (Phi) is 6.52. The molecule has 4 aromatic rings. The number of para-hydroxylation sites is 1. The normalized spacial score (nSPS) is 10.5. The molecule has 0 saturated heterocycles. The fraction of sp³-hybridized carbons (Fsp3) is 0.0909. The number of nitrogens with zero attached hydrogens (tertiary/aromatic N) is 2. The number of anilines is 2. The monoisotopic (exact) mass is 450 g/mol. The summed E-state index contributed by atoms with van der Waals surface area (Å²) in [6.45, 7) is 0. The summed E-state index contributed by atoms with van der Waals surface area (Å²) >= 11 is 1.08. The third-order valence-electron chi connectivity index (χ3n) is 4.26. The van der Waals surface area contributed by atoms with E-state index in [9.17, 15) is 9.59 Å². The van der Waals surface area contributed by atoms with Crippen molar-refractivity contribution < 1.29 is 23.2 Å². The lowest BCUT2D eigenvalue weighted by Crippen LogP contribution is -2.19. The van der Waals surface area contributed by atoms with E-state index in [0.29, 0.717) is 28.4 Å². The van der Waals surface area contributed by atoms with Crippen LogP contribution in [0, 0.1) is 0 Å². The Morgan fingerprint density at radius 2 is 1.81 bits per heavy atom. The van der Waals surface area contributed by atoms with E-state index in [-0.39, 0.29) is 28.7 Å². The van der Waals surface area contributed by atoms with E-state index in [2.05, 4.69) is 20.8 Å². The summed E-state index contributed by atoms with van der Waals surface area (Å²) in [5.74, 6) is 0.722. The van der Waals surface area contributed by atoms with Crippen molar-refractivity contribution in [1.82, 2.24) is 10.2 Å². The lowest BCUT2D eigenvalue weighted by molar-refractivity contribution is -0.113. The molecule has 2 heterocycles. The van der Waals surface area contributed by atoms with E-state index in [4.69, 9.17) is 13.6 Å². The van der Waals surface area contributed by atoms with Crippen LogP contribution in [0.2, 0.25) is 0 Å². The molecule has 2 aromatic heterocycles. The summed E-state index contributed by atoms with van der Waals surface area (Å²) in [5, 5.41) is 13.6. The highest BCUT2D eigenvalue weighted by atomic mass is 32.2. The van der Waals surface area contributed by atoms with E-state index >= 15 is 0 Å². The first-order chi connectivity index (χ1) is 15.6. The number of carbonyl (C=O) groups excluding carboxylic acids is 2. The quantitative estimate of drug-likeness (QED) is 0.381. The molecule has 0 aliphatic heterocycles. The van der Waals surface area contributed by atoms with Gasteiger partial charge in [0.25, 0.3) is 17.0 Å². The van der Waals surface area contributed by atoms with Crippen LogP contribution in [0.1, 0.15) is 10.4 Å². The van der Waals surface area contributed by atoms with Crippen LogP contribution in [0.4, 0.5) is 11.4 Å². The molecule has 0 spiro atoms. The number of furan rings is 1. The molecule has 0 atom stereocenters. The van der Waals surface area contributed by atoms with E-state index < -0.39 is 0 Å². The van der Waals surface area contributed by atoms with Crippen LogP contribution in [0.25, 0.3) is 11.7 Å². The first kappa shape index (κ1) is 21.2. The van der Waals surface area contributed by atoms with Crippen LogP contribution in [0.3, 0.4) is 0 Å². The molecule has 0 unspecified atom stereocenters. The molecule has 9 nitrogen and oxygen atoms in total. The van der Waals surface area contributed by atoms with Gasteiger partial charge in [-0.2, -0.15) is 0 Å². The van der Waals surface area contributed by atoms with Gasteiger partial charge in [-0.1, -0.05) is 23.9 Å². The van der Waals surface area contributed by atoms with Crippen molar-refractivity contribution in [2.75, 3.05) is 23.5 Å².